The Morgan fingerprint density at radius 1 is 0.429 bits per heavy atom. The number of anilines is 6. The molecule has 1 unspecified atom stereocenters. The lowest BCUT2D eigenvalue weighted by Crippen LogP contribution is -2.74. The van der Waals surface area contributed by atoms with Crippen molar-refractivity contribution in [3.8, 4) is 0 Å². The van der Waals surface area contributed by atoms with E-state index in [1.165, 1.54) is 83.1 Å². The van der Waals surface area contributed by atoms with Crippen molar-refractivity contribution < 1.29 is 0 Å². The second-order valence-electron chi connectivity index (χ2n) is 15.7. The molecular formula is C42H64N6Si. The third-order valence-corrected chi connectivity index (χ3v) is 17.1. The van der Waals surface area contributed by atoms with Crippen molar-refractivity contribution in [2.75, 3.05) is 114 Å². The van der Waals surface area contributed by atoms with Crippen LogP contribution in [-0.4, -0.2) is 92.6 Å². The molecule has 0 aromatic heterocycles. The molecule has 0 amide bonds. The van der Waals surface area contributed by atoms with E-state index in [4.69, 9.17) is 0 Å². The largest absolute Gasteiger partial charge is 0.377 e. The van der Waals surface area contributed by atoms with Gasteiger partial charge in [0.25, 0.3) is 0 Å². The van der Waals surface area contributed by atoms with E-state index < -0.39 is 8.07 Å². The fraction of sp³-hybridized carbons (Fsp3) is 0.476. The molecule has 0 heterocycles. The van der Waals surface area contributed by atoms with Crippen molar-refractivity contribution >= 4 is 57.8 Å². The van der Waals surface area contributed by atoms with E-state index in [0.717, 1.165) is 0 Å². The number of benzene rings is 3. The van der Waals surface area contributed by atoms with Crippen LogP contribution < -0.4 is 45.0 Å². The normalized spacial score (nSPS) is 16.2. The summed E-state index contributed by atoms with van der Waals surface area (Å²) in [6.07, 6.45) is 2.64. The van der Waals surface area contributed by atoms with Gasteiger partial charge in [0, 0.05) is 124 Å². The summed E-state index contributed by atoms with van der Waals surface area (Å²) in [6, 6.07) is 14.7. The Bertz CT molecular complexity index is 1640. The van der Waals surface area contributed by atoms with E-state index >= 15 is 0 Å². The van der Waals surface area contributed by atoms with E-state index in [1.807, 2.05) is 0 Å². The van der Waals surface area contributed by atoms with Crippen LogP contribution in [0.15, 0.2) is 59.2 Å². The zero-order valence-corrected chi connectivity index (χ0v) is 35.2. The van der Waals surface area contributed by atoms with Crippen LogP contribution in [0.3, 0.4) is 0 Å². The van der Waals surface area contributed by atoms with Gasteiger partial charge in [-0.15, -0.1) is 0 Å². The van der Waals surface area contributed by atoms with Gasteiger partial charge in [-0.25, -0.2) is 0 Å². The topological polar surface area (TPSA) is 19.4 Å². The SMILES string of the molecule is CC1=CC(C)([Si](c2ccc(N(C)C)c(C)c2N(C)C)(c2ccc(N(C)C)c(C)c2N(C)C)c2ccc(N(C)C)c(C)c2N(C)C)C(C)=C1C. The number of hydrogen-bond donors (Lipinski definition) is 0. The maximum absolute atomic E-state index is 3.17. The summed E-state index contributed by atoms with van der Waals surface area (Å²) in [4.78, 5) is 13.9. The molecule has 3 aromatic carbocycles. The van der Waals surface area contributed by atoms with Crippen molar-refractivity contribution in [3.63, 3.8) is 0 Å². The molecule has 0 saturated heterocycles. The lowest BCUT2D eigenvalue weighted by atomic mass is 10.0. The van der Waals surface area contributed by atoms with E-state index in [0.29, 0.717) is 0 Å². The van der Waals surface area contributed by atoms with Crippen LogP contribution in [0.2, 0.25) is 5.04 Å². The molecule has 4 rings (SSSR count). The summed E-state index contributed by atoms with van der Waals surface area (Å²) in [6.45, 7) is 16.6. The van der Waals surface area contributed by atoms with E-state index in [2.05, 4.69) is 205 Å². The molecular weight excluding hydrogens is 617 g/mol. The first-order chi connectivity index (χ1) is 22.7. The summed E-state index contributed by atoms with van der Waals surface area (Å²) in [5, 5.41) is 4.05. The summed E-state index contributed by atoms with van der Waals surface area (Å²) < 4.78 is 0. The van der Waals surface area contributed by atoms with Crippen LogP contribution in [0, 0.1) is 20.8 Å². The first-order valence-electron chi connectivity index (χ1n) is 17.5. The van der Waals surface area contributed by atoms with Gasteiger partial charge in [-0.2, -0.15) is 0 Å². The highest BCUT2D eigenvalue weighted by Gasteiger charge is 2.59. The Hall–Kier alpha value is -3.84. The van der Waals surface area contributed by atoms with Gasteiger partial charge in [0.05, 0.1) is 0 Å². The van der Waals surface area contributed by atoms with Crippen LogP contribution >= 0.6 is 0 Å². The van der Waals surface area contributed by atoms with Crippen LogP contribution in [0.25, 0.3) is 0 Å². The minimum atomic E-state index is -3.17. The molecule has 0 radical (unpaired) electrons. The second kappa shape index (κ2) is 13.5. The molecule has 0 spiro atoms. The van der Waals surface area contributed by atoms with E-state index in [1.54, 1.807) is 0 Å². The highest BCUT2D eigenvalue weighted by atomic mass is 28.3. The zero-order valence-electron chi connectivity index (χ0n) is 34.2. The highest BCUT2D eigenvalue weighted by molar-refractivity contribution is 7.16. The summed E-state index contributed by atoms with van der Waals surface area (Å²) >= 11 is 0. The minimum Gasteiger partial charge on any atom is -0.377 e. The predicted octanol–water partition coefficient (Wildman–Crippen LogP) is 6.53. The fourth-order valence-corrected chi connectivity index (χ4v) is 16.2. The first-order valence-corrected chi connectivity index (χ1v) is 19.5. The first kappa shape index (κ1) is 38.0. The Balaban J connectivity index is 2.54. The smallest absolute Gasteiger partial charge is 0.169 e. The number of hydrogen-bond acceptors (Lipinski definition) is 6. The maximum atomic E-state index is 2.64. The molecule has 3 aromatic rings. The maximum Gasteiger partial charge on any atom is 0.169 e. The molecule has 1 aliphatic rings. The number of nitrogens with zero attached hydrogens (tertiary/aromatic N) is 6. The van der Waals surface area contributed by atoms with Gasteiger partial charge in [-0.3, -0.25) is 0 Å². The molecule has 266 valence electrons. The van der Waals surface area contributed by atoms with E-state index in [-0.39, 0.29) is 5.04 Å². The van der Waals surface area contributed by atoms with Crippen molar-refractivity contribution in [2.45, 2.75) is 53.5 Å². The quantitative estimate of drug-likeness (QED) is 0.178. The molecule has 0 bridgehead atoms. The number of allylic oxidation sites excluding steroid dienone is 4. The average molecular weight is 681 g/mol. The highest BCUT2D eigenvalue weighted by Crippen LogP contribution is 2.55. The van der Waals surface area contributed by atoms with Crippen molar-refractivity contribution in [1.82, 2.24) is 0 Å². The second-order valence-corrected chi connectivity index (χ2v) is 19.9. The van der Waals surface area contributed by atoms with Gasteiger partial charge in [0.2, 0.25) is 0 Å². The molecule has 6 nitrogen and oxygen atoms in total. The molecule has 7 heteroatoms. The molecule has 0 fully saturated rings. The summed E-state index contributed by atoms with van der Waals surface area (Å²) in [7, 11) is 23.2. The lowest BCUT2D eigenvalue weighted by molar-refractivity contribution is 0.868. The van der Waals surface area contributed by atoms with Gasteiger partial charge in [-0.1, -0.05) is 42.3 Å². The van der Waals surface area contributed by atoms with Crippen molar-refractivity contribution in [3.05, 3.63) is 75.9 Å². The Morgan fingerprint density at radius 2 is 0.714 bits per heavy atom. The Labute approximate surface area is 300 Å². The summed E-state index contributed by atoms with van der Waals surface area (Å²) in [5.41, 5.74) is 15.9. The lowest BCUT2D eigenvalue weighted by Gasteiger charge is -2.51. The van der Waals surface area contributed by atoms with Gasteiger partial charge in [0.1, 0.15) is 0 Å². The third kappa shape index (κ3) is 5.72. The molecule has 1 aliphatic carbocycles. The number of rotatable bonds is 10. The van der Waals surface area contributed by atoms with Crippen LogP contribution in [0.4, 0.5) is 34.1 Å². The van der Waals surface area contributed by atoms with Crippen LogP contribution in [0.1, 0.15) is 44.4 Å². The van der Waals surface area contributed by atoms with Gasteiger partial charge in [0.15, 0.2) is 8.07 Å². The van der Waals surface area contributed by atoms with Gasteiger partial charge < -0.3 is 29.4 Å². The van der Waals surface area contributed by atoms with Gasteiger partial charge >= 0.3 is 0 Å². The van der Waals surface area contributed by atoms with Crippen LogP contribution in [0.5, 0.6) is 0 Å². The van der Waals surface area contributed by atoms with Gasteiger partial charge in [-0.05, 0) is 97.6 Å². The Kier molecular flexibility index (Phi) is 10.4. The van der Waals surface area contributed by atoms with Crippen molar-refractivity contribution in [2.24, 2.45) is 0 Å². The summed E-state index contributed by atoms with van der Waals surface area (Å²) in [5.74, 6) is 0. The molecule has 0 aliphatic heterocycles. The van der Waals surface area contributed by atoms with Crippen molar-refractivity contribution in [1.29, 1.82) is 0 Å². The third-order valence-electron chi connectivity index (χ3n) is 11.4. The molecule has 49 heavy (non-hydrogen) atoms. The molecule has 0 saturated carbocycles. The predicted molar refractivity (Wildman–Crippen MR) is 225 cm³/mol. The Morgan fingerprint density at radius 3 is 0.918 bits per heavy atom. The molecule has 0 N–H and O–H groups in total. The average Bonchev–Trinajstić information content (AvgIpc) is 3.19. The fourth-order valence-electron chi connectivity index (χ4n) is 9.16. The zero-order chi connectivity index (χ0) is 37.1. The standard InChI is InChI=1S/C42H64N6Si/c1-27-26-42(7,32(6)28(27)2)49(36-23-20-33(43(8)9)29(3)39(36)46(14)15,37-24-21-34(44(10)11)30(4)40(37)47(16)17)38-25-22-35(45(12)13)31(5)41(38)48(18)19/h20-26H,1-19H3. The molecule has 1 atom stereocenters. The van der Waals surface area contributed by atoms with Crippen LogP contribution in [-0.2, 0) is 0 Å². The minimum absolute atomic E-state index is 0.286. The monoisotopic (exact) mass is 680 g/mol. The van der Waals surface area contributed by atoms with E-state index in [9.17, 15) is 0 Å².